The number of unbranched alkanes of at least 4 members (excludes halogenated alkanes) is 1. The second-order valence-corrected chi connectivity index (χ2v) is 4.02. The second kappa shape index (κ2) is 12.1. The molecule has 0 bridgehead atoms. The summed E-state index contributed by atoms with van der Waals surface area (Å²) in [7, 11) is 0. The summed E-state index contributed by atoms with van der Waals surface area (Å²) >= 11 is 0. The van der Waals surface area contributed by atoms with Gasteiger partial charge in [0, 0.05) is 0 Å². The molecule has 80 valence electrons. The quantitative estimate of drug-likeness (QED) is 0.383. The van der Waals surface area contributed by atoms with Gasteiger partial charge in [-0.15, -0.1) is 25.7 Å². The molecule has 1 rings (SSSR count). The van der Waals surface area contributed by atoms with Gasteiger partial charge in [-0.2, -0.15) is 0 Å². The van der Waals surface area contributed by atoms with Crippen molar-refractivity contribution in [1.29, 1.82) is 0 Å². The third-order valence-electron chi connectivity index (χ3n) is 2.64. The summed E-state index contributed by atoms with van der Waals surface area (Å²) in [5.41, 5.74) is 2.94. The van der Waals surface area contributed by atoms with Crippen LogP contribution in [-0.4, -0.2) is 0 Å². The van der Waals surface area contributed by atoms with E-state index in [1.54, 1.807) is 0 Å². The minimum atomic E-state index is 0. The van der Waals surface area contributed by atoms with Gasteiger partial charge in [-0.25, -0.2) is 0 Å². The van der Waals surface area contributed by atoms with Crippen molar-refractivity contribution >= 4 is 0 Å². The van der Waals surface area contributed by atoms with Crippen molar-refractivity contribution in [3.63, 3.8) is 0 Å². The molecule has 0 atom stereocenters. The molecule has 0 amide bonds. The molecule has 0 aromatic rings. The Kier molecular flexibility index (Phi) is 14.4. The topological polar surface area (TPSA) is 0 Å². The average Bonchev–Trinajstić information content (AvgIpc) is 2.25. The average molecular weight is 204 g/mol. The maximum atomic E-state index is 3.56. The molecule has 0 N–H and O–H groups in total. The molecule has 0 saturated carbocycles. The molecule has 0 aromatic heterocycles. The fourth-order valence-corrected chi connectivity index (χ4v) is 1.88. The summed E-state index contributed by atoms with van der Waals surface area (Å²) in [4.78, 5) is 0. The van der Waals surface area contributed by atoms with Crippen molar-refractivity contribution in [2.24, 2.45) is 0 Å². The molecule has 1 aliphatic rings. The first kappa shape index (κ1) is 19.0. The van der Waals surface area contributed by atoms with Crippen molar-refractivity contribution < 1.29 is 37.7 Å². The minimum Gasteiger partial charge on any atom is -0.373 e. The van der Waals surface area contributed by atoms with E-state index < -0.39 is 0 Å². The van der Waals surface area contributed by atoms with Crippen LogP contribution in [0.3, 0.4) is 0 Å². The largest absolute Gasteiger partial charge is 1.00 e. The molecule has 0 radical (unpaired) electrons. The van der Waals surface area contributed by atoms with E-state index in [0.717, 1.165) is 12.8 Å². The molecule has 0 unspecified atom stereocenters. The zero-order chi connectivity index (χ0) is 10.2. The number of hydrogen-bond acceptors (Lipinski definition) is 0. The maximum absolute atomic E-state index is 3.56. The van der Waals surface area contributed by atoms with Crippen LogP contribution in [0.5, 0.6) is 0 Å². The number of rotatable bonds is 5. The van der Waals surface area contributed by atoms with E-state index in [1.807, 2.05) is 0 Å². The molecular weight excluding hydrogens is 182 g/mol. The molecule has 0 saturated heterocycles. The van der Waals surface area contributed by atoms with Gasteiger partial charge in [-0.3, -0.25) is 0 Å². The Morgan fingerprint density at radius 2 is 1.94 bits per heavy atom. The standard InChI is InChI=1S/C14H22.2Li/c1-3-5-10-13(9-4-2)14-11-7-6-8-12-14;;/h3-9,11H2,1-2H3;;/q-2;2*+1. The van der Waals surface area contributed by atoms with Gasteiger partial charge >= 0.3 is 37.7 Å². The van der Waals surface area contributed by atoms with E-state index in [2.05, 4.69) is 26.0 Å². The van der Waals surface area contributed by atoms with Gasteiger partial charge in [-0.1, -0.05) is 39.5 Å². The number of hydrogen-bond donors (Lipinski definition) is 0. The van der Waals surface area contributed by atoms with Crippen molar-refractivity contribution in [3.05, 3.63) is 23.3 Å². The summed E-state index contributed by atoms with van der Waals surface area (Å²) in [5.74, 6) is 0. The fraction of sp³-hybridized carbons (Fsp3) is 0.714. The van der Waals surface area contributed by atoms with Gasteiger partial charge in [0.1, 0.15) is 0 Å². The van der Waals surface area contributed by atoms with Crippen LogP contribution < -0.4 is 37.7 Å². The predicted molar refractivity (Wildman–Crippen MR) is 61.8 cm³/mol. The first-order valence-electron chi connectivity index (χ1n) is 6.08. The van der Waals surface area contributed by atoms with Crippen LogP contribution in [0.1, 0.15) is 65.2 Å². The minimum absolute atomic E-state index is 0. The van der Waals surface area contributed by atoms with E-state index >= 15 is 0 Å². The molecule has 1 aliphatic carbocycles. The third-order valence-corrected chi connectivity index (χ3v) is 2.64. The van der Waals surface area contributed by atoms with Crippen LogP contribution in [0.2, 0.25) is 0 Å². The monoisotopic (exact) mass is 204 g/mol. The normalized spacial score (nSPS) is 15.9. The van der Waals surface area contributed by atoms with E-state index in [1.165, 1.54) is 49.7 Å². The van der Waals surface area contributed by atoms with Gasteiger partial charge in [0.2, 0.25) is 0 Å². The first-order valence-corrected chi connectivity index (χ1v) is 6.08. The van der Waals surface area contributed by atoms with Gasteiger partial charge in [0.05, 0.1) is 0 Å². The summed E-state index contributed by atoms with van der Waals surface area (Å²) in [6, 6.07) is 0. The fourth-order valence-electron chi connectivity index (χ4n) is 1.88. The first-order chi connectivity index (χ1) is 6.88. The van der Waals surface area contributed by atoms with Crippen LogP contribution in [0, 0.1) is 12.2 Å². The molecule has 16 heavy (non-hydrogen) atoms. The Bertz CT molecular complexity index is 217. The Hall–Kier alpha value is 0.675. The maximum Gasteiger partial charge on any atom is 1.00 e. The van der Waals surface area contributed by atoms with E-state index in [4.69, 9.17) is 0 Å². The van der Waals surface area contributed by atoms with Crippen molar-refractivity contribution in [2.45, 2.75) is 65.2 Å². The molecule has 2 heteroatoms. The zero-order valence-electron chi connectivity index (χ0n) is 11.7. The molecule has 0 spiro atoms. The van der Waals surface area contributed by atoms with Gasteiger partial charge in [-0.05, 0) is 0 Å². The van der Waals surface area contributed by atoms with Crippen LogP contribution in [0.15, 0.2) is 11.1 Å². The SMILES string of the molecule is CCC[C-]=C(CCC)C1=[C-]CCCC1.[Li+].[Li+]. The summed E-state index contributed by atoms with van der Waals surface area (Å²) in [5, 5.41) is 0. The summed E-state index contributed by atoms with van der Waals surface area (Å²) < 4.78 is 0. The van der Waals surface area contributed by atoms with Crippen molar-refractivity contribution in [1.82, 2.24) is 0 Å². The van der Waals surface area contributed by atoms with Gasteiger partial charge in [0.15, 0.2) is 0 Å². The van der Waals surface area contributed by atoms with Gasteiger partial charge < -0.3 is 23.3 Å². The van der Waals surface area contributed by atoms with Crippen molar-refractivity contribution in [3.8, 4) is 0 Å². The smallest absolute Gasteiger partial charge is 0.373 e. The zero-order valence-corrected chi connectivity index (χ0v) is 11.7. The molecular formula is C14H22Li2. The van der Waals surface area contributed by atoms with Crippen LogP contribution in [-0.2, 0) is 0 Å². The van der Waals surface area contributed by atoms with E-state index in [0.29, 0.717) is 0 Å². The molecule has 0 nitrogen and oxygen atoms in total. The Morgan fingerprint density at radius 3 is 2.44 bits per heavy atom. The predicted octanol–water partition coefficient (Wildman–Crippen LogP) is -1.37. The third kappa shape index (κ3) is 7.09. The Morgan fingerprint density at radius 1 is 1.19 bits per heavy atom. The molecule has 0 aromatic carbocycles. The second-order valence-electron chi connectivity index (χ2n) is 4.02. The summed E-state index contributed by atoms with van der Waals surface area (Å²) in [6.45, 7) is 4.46. The molecule has 0 aliphatic heterocycles. The van der Waals surface area contributed by atoms with Crippen LogP contribution in [0.4, 0.5) is 0 Å². The van der Waals surface area contributed by atoms with E-state index in [-0.39, 0.29) is 37.7 Å². The Labute approximate surface area is 126 Å². The Balaban J connectivity index is 0. The van der Waals surface area contributed by atoms with Crippen LogP contribution >= 0.6 is 0 Å². The molecule has 0 heterocycles. The number of allylic oxidation sites excluding steroid dienone is 4. The van der Waals surface area contributed by atoms with E-state index in [9.17, 15) is 0 Å². The van der Waals surface area contributed by atoms with Crippen LogP contribution in [0.25, 0.3) is 0 Å². The van der Waals surface area contributed by atoms with Crippen molar-refractivity contribution in [2.75, 3.05) is 0 Å². The summed E-state index contributed by atoms with van der Waals surface area (Å²) in [6.07, 6.45) is 16.9. The van der Waals surface area contributed by atoms with Gasteiger partial charge in [0.25, 0.3) is 0 Å². The molecule has 0 fully saturated rings.